The second-order valence-corrected chi connectivity index (χ2v) is 8.56. The van der Waals surface area contributed by atoms with Crippen LogP contribution in [0.2, 0.25) is 5.02 Å². The fraction of sp³-hybridized carbons (Fsp3) is 0.273. The van der Waals surface area contributed by atoms with E-state index in [1.165, 1.54) is 5.57 Å². The molecule has 0 unspecified atom stereocenters. The lowest BCUT2D eigenvalue weighted by atomic mass is 9.88. The van der Waals surface area contributed by atoms with Gasteiger partial charge in [-0.25, -0.2) is 5.43 Å². The number of amides is 1. The lowest BCUT2D eigenvalue weighted by Crippen LogP contribution is -2.44. The van der Waals surface area contributed by atoms with E-state index in [9.17, 15) is 4.79 Å². The van der Waals surface area contributed by atoms with Crippen LogP contribution in [0.1, 0.15) is 49.2 Å². The van der Waals surface area contributed by atoms with Crippen LogP contribution >= 0.6 is 27.5 Å². The Bertz CT molecular complexity index is 982. The average molecular weight is 461 g/mol. The van der Waals surface area contributed by atoms with Gasteiger partial charge < -0.3 is 4.90 Å². The number of hydrazone groups is 1. The summed E-state index contributed by atoms with van der Waals surface area (Å²) in [6.07, 6.45) is 3.85. The molecule has 0 saturated heterocycles. The summed E-state index contributed by atoms with van der Waals surface area (Å²) in [4.78, 5) is 14.6. The molecule has 1 amide bonds. The quantitative estimate of drug-likeness (QED) is 0.457. The first-order chi connectivity index (χ1) is 13.2. The fourth-order valence-electron chi connectivity index (χ4n) is 3.66. The molecule has 4 nitrogen and oxygen atoms in total. The van der Waals surface area contributed by atoms with Gasteiger partial charge in [-0.05, 0) is 73.5 Å². The van der Waals surface area contributed by atoms with Crippen LogP contribution in [-0.2, 0) is 0 Å². The molecule has 2 aromatic rings. The van der Waals surface area contributed by atoms with Gasteiger partial charge in [-0.2, -0.15) is 5.10 Å². The molecule has 1 aliphatic rings. The van der Waals surface area contributed by atoms with Crippen molar-refractivity contribution < 1.29 is 4.79 Å². The molecule has 0 spiro atoms. The number of allylic oxidation sites excluding steroid dienone is 1. The Morgan fingerprint density at radius 1 is 1.32 bits per heavy atom. The predicted molar refractivity (Wildman–Crippen MR) is 121 cm³/mol. The maximum Gasteiger partial charge on any atom is 0.272 e. The molecule has 146 valence electrons. The normalized spacial score (nSPS) is 15.4. The second-order valence-electron chi connectivity index (χ2n) is 7.30. The number of anilines is 1. The summed E-state index contributed by atoms with van der Waals surface area (Å²) in [6.45, 7) is 9.53. The van der Waals surface area contributed by atoms with Crippen molar-refractivity contribution in [2.45, 2.75) is 33.2 Å². The largest absolute Gasteiger partial charge is 0.363 e. The lowest BCUT2D eigenvalue weighted by molar-refractivity contribution is 0.0954. The summed E-state index contributed by atoms with van der Waals surface area (Å²) < 4.78 is 0.720. The highest BCUT2D eigenvalue weighted by molar-refractivity contribution is 9.10. The second kappa shape index (κ2) is 8.10. The molecule has 0 saturated carbocycles. The van der Waals surface area contributed by atoms with Crippen LogP contribution in [0.4, 0.5) is 5.69 Å². The van der Waals surface area contributed by atoms with E-state index >= 15 is 0 Å². The number of benzene rings is 2. The number of hydrogen-bond donors (Lipinski definition) is 1. The smallest absolute Gasteiger partial charge is 0.272 e. The highest BCUT2D eigenvalue weighted by Crippen LogP contribution is 2.40. The molecule has 28 heavy (non-hydrogen) atoms. The van der Waals surface area contributed by atoms with Gasteiger partial charge in [-0.1, -0.05) is 29.8 Å². The van der Waals surface area contributed by atoms with Crippen molar-refractivity contribution in [3.63, 3.8) is 0 Å². The van der Waals surface area contributed by atoms with E-state index in [-0.39, 0.29) is 11.4 Å². The monoisotopic (exact) mass is 459 g/mol. The predicted octanol–water partition coefficient (Wildman–Crippen LogP) is 5.89. The van der Waals surface area contributed by atoms with Crippen LogP contribution in [0, 0.1) is 0 Å². The summed E-state index contributed by atoms with van der Waals surface area (Å²) in [5.41, 5.74) is 7.22. The molecule has 0 radical (unpaired) electrons. The molecule has 1 aliphatic heterocycles. The summed E-state index contributed by atoms with van der Waals surface area (Å²) >= 11 is 9.89. The zero-order chi connectivity index (χ0) is 20.5. The summed E-state index contributed by atoms with van der Waals surface area (Å²) in [5, 5.41) is 4.70. The fourth-order valence-corrected chi connectivity index (χ4v) is 4.33. The van der Waals surface area contributed by atoms with E-state index in [4.69, 9.17) is 11.6 Å². The maximum atomic E-state index is 12.3. The van der Waals surface area contributed by atoms with Crippen molar-refractivity contribution >= 4 is 50.9 Å². The molecular formula is C22H23BrClN3O. The highest BCUT2D eigenvalue weighted by Gasteiger charge is 2.30. The van der Waals surface area contributed by atoms with Crippen LogP contribution in [0.25, 0.3) is 5.57 Å². The minimum absolute atomic E-state index is 0.0676. The van der Waals surface area contributed by atoms with Crippen molar-refractivity contribution in [2.75, 3.05) is 11.4 Å². The van der Waals surface area contributed by atoms with Gasteiger partial charge >= 0.3 is 0 Å². The van der Waals surface area contributed by atoms with Crippen LogP contribution < -0.4 is 10.3 Å². The first-order valence-electron chi connectivity index (χ1n) is 9.13. The maximum absolute atomic E-state index is 12.3. The van der Waals surface area contributed by atoms with E-state index in [0.29, 0.717) is 10.6 Å². The number of fused-ring (bicyclic) bond motifs is 1. The van der Waals surface area contributed by atoms with Crippen molar-refractivity contribution in [3.05, 3.63) is 68.7 Å². The lowest BCUT2D eigenvalue weighted by Gasteiger charge is -2.43. The zero-order valence-corrected chi connectivity index (χ0v) is 18.7. The molecule has 1 heterocycles. The first-order valence-corrected chi connectivity index (χ1v) is 10.3. The van der Waals surface area contributed by atoms with Gasteiger partial charge in [-0.15, -0.1) is 0 Å². The summed E-state index contributed by atoms with van der Waals surface area (Å²) in [7, 11) is 0. The van der Waals surface area contributed by atoms with Gasteiger partial charge in [0.25, 0.3) is 5.91 Å². The zero-order valence-electron chi connectivity index (χ0n) is 16.4. The van der Waals surface area contributed by atoms with E-state index in [1.54, 1.807) is 18.3 Å². The van der Waals surface area contributed by atoms with E-state index in [1.807, 2.05) is 24.3 Å². The SMILES string of the molecule is CCN1c2cc(Cl)c(/C=N\NC(=O)c3ccccc3Br)cc2C(C)=CC1(C)C. The standard InChI is InChI=1S/C22H23BrClN3O/c1-5-27-20-11-19(24)15(10-17(20)14(2)12-22(27,3)4)13-25-26-21(28)16-8-6-7-9-18(16)23/h6-13H,5H2,1-4H3,(H,26,28)/b25-13-. The van der Waals surface area contributed by atoms with Gasteiger partial charge in [0, 0.05) is 27.8 Å². The topological polar surface area (TPSA) is 44.7 Å². The minimum atomic E-state index is -0.284. The van der Waals surface area contributed by atoms with Crippen molar-refractivity contribution in [1.29, 1.82) is 0 Å². The van der Waals surface area contributed by atoms with Crippen LogP contribution in [-0.4, -0.2) is 24.2 Å². The summed E-state index contributed by atoms with van der Waals surface area (Å²) in [5.74, 6) is -0.284. The Morgan fingerprint density at radius 3 is 2.71 bits per heavy atom. The molecule has 3 rings (SSSR count). The third-order valence-electron chi connectivity index (χ3n) is 4.90. The number of carbonyl (C=O) groups excluding carboxylic acids is 1. The van der Waals surface area contributed by atoms with Crippen molar-refractivity contribution in [2.24, 2.45) is 5.10 Å². The Morgan fingerprint density at radius 2 is 2.04 bits per heavy atom. The van der Waals surface area contributed by atoms with Crippen molar-refractivity contribution in [3.8, 4) is 0 Å². The molecular weight excluding hydrogens is 438 g/mol. The van der Waals surface area contributed by atoms with Gasteiger partial charge in [0.15, 0.2) is 0 Å². The van der Waals surface area contributed by atoms with E-state index < -0.39 is 0 Å². The molecule has 0 bridgehead atoms. The molecule has 2 aromatic carbocycles. The first kappa shape index (κ1) is 20.6. The number of hydrogen-bond acceptors (Lipinski definition) is 3. The van der Waals surface area contributed by atoms with Crippen LogP contribution in [0.5, 0.6) is 0 Å². The number of halogens is 2. The number of nitrogens with one attached hydrogen (secondary N) is 1. The molecule has 6 heteroatoms. The third-order valence-corrected chi connectivity index (χ3v) is 5.92. The average Bonchev–Trinajstić information content (AvgIpc) is 2.62. The highest BCUT2D eigenvalue weighted by atomic mass is 79.9. The number of nitrogens with zero attached hydrogens (tertiary/aromatic N) is 2. The van der Waals surface area contributed by atoms with E-state index in [2.05, 4.69) is 65.1 Å². The van der Waals surface area contributed by atoms with Gasteiger partial charge in [0.2, 0.25) is 0 Å². The third kappa shape index (κ3) is 4.01. The Kier molecular flexibility index (Phi) is 5.96. The van der Waals surface area contributed by atoms with Crippen LogP contribution in [0.15, 0.2) is 52.0 Å². The van der Waals surface area contributed by atoms with Gasteiger partial charge in [-0.3, -0.25) is 4.79 Å². The minimum Gasteiger partial charge on any atom is -0.363 e. The van der Waals surface area contributed by atoms with Crippen molar-refractivity contribution in [1.82, 2.24) is 5.43 Å². The number of carbonyl (C=O) groups is 1. The molecule has 0 aliphatic carbocycles. The Balaban J connectivity index is 1.87. The summed E-state index contributed by atoms with van der Waals surface area (Å²) in [6, 6.07) is 11.2. The van der Waals surface area contributed by atoms with E-state index in [0.717, 1.165) is 27.8 Å². The van der Waals surface area contributed by atoms with Gasteiger partial charge in [0.1, 0.15) is 0 Å². The molecule has 0 fully saturated rings. The van der Waals surface area contributed by atoms with Crippen LogP contribution in [0.3, 0.4) is 0 Å². The Labute approximate surface area is 179 Å². The number of likely N-dealkylation sites (N-methyl/N-ethyl adjacent to an activating group) is 1. The molecule has 1 N–H and O–H groups in total. The Hall–Kier alpha value is -2.11. The number of rotatable bonds is 4. The molecule has 0 atom stereocenters. The van der Waals surface area contributed by atoms with Gasteiger partial charge in [0.05, 0.1) is 22.3 Å². The molecule has 0 aromatic heterocycles.